The summed E-state index contributed by atoms with van der Waals surface area (Å²) < 4.78 is 6.83. The minimum atomic E-state index is -0.125. The number of carbonyl (C=O) groups excluding carboxylic acids is 1. The first kappa shape index (κ1) is 20.5. The maximum absolute atomic E-state index is 13.4. The van der Waals surface area contributed by atoms with Crippen LogP contribution in [0.3, 0.4) is 0 Å². The van der Waals surface area contributed by atoms with E-state index in [4.69, 9.17) is 21.3 Å². The predicted molar refractivity (Wildman–Crippen MR) is 119 cm³/mol. The Hall–Kier alpha value is -1.37. The van der Waals surface area contributed by atoms with Crippen molar-refractivity contribution in [2.24, 2.45) is 23.2 Å². The molecule has 0 atom stereocenters. The highest BCUT2D eigenvalue weighted by molar-refractivity contribution is 7.99. The van der Waals surface area contributed by atoms with Crippen LogP contribution in [0, 0.1) is 23.2 Å². The van der Waals surface area contributed by atoms with Gasteiger partial charge in [-0.15, -0.1) is 0 Å². The van der Waals surface area contributed by atoms with Crippen molar-refractivity contribution in [1.82, 2.24) is 9.55 Å². The molecule has 0 saturated heterocycles. The summed E-state index contributed by atoms with van der Waals surface area (Å²) in [6.07, 6.45) is 7.16. The van der Waals surface area contributed by atoms with Crippen LogP contribution in [-0.2, 0) is 16.1 Å². The third kappa shape index (κ3) is 3.61. The maximum atomic E-state index is 13.4. The Bertz CT molecular complexity index is 1020. The van der Waals surface area contributed by atoms with Crippen molar-refractivity contribution in [2.45, 2.75) is 50.2 Å². The van der Waals surface area contributed by atoms with Gasteiger partial charge in [-0.3, -0.25) is 14.2 Å². The van der Waals surface area contributed by atoms with E-state index >= 15 is 0 Å². The molecule has 0 radical (unpaired) electrons. The van der Waals surface area contributed by atoms with Crippen LogP contribution in [0.4, 0.5) is 0 Å². The second-order valence-electron chi connectivity index (χ2n) is 9.42. The second-order valence-corrected chi connectivity index (χ2v) is 10.8. The zero-order valence-electron chi connectivity index (χ0n) is 17.2. The lowest BCUT2D eigenvalue weighted by Crippen LogP contribution is -2.50. The summed E-state index contributed by atoms with van der Waals surface area (Å²) >= 11 is 7.51. The molecule has 0 spiro atoms. The molecule has 7 heteroatoms. The molecule has 1 aromatic carbocycles. The van der Waals surface area contributed by atoms with Crippen LogP contribution < -0.4 is 5.56 Å². The quantitative estimate of drug-likeness (QED) is 0.460. The number of ketones is 1. The number of ether oxygens (including phenoxy) is 1. The second kappa shape index (κ2) is 7.95. The number of nitrogens with zero attached hydrogens (tertiary/aromatic N) is 2. The summed E-state index contributed by atoms with van der Waals surface area (Å²) in [5.74, 6) is 2.95. The van der Waals surface area contributed by atoms with Gasteiger partial charge >= 0.3 is 0 Å². The minimum Gasteiger partial charge on any atom is -0.383 e. The lowest BCUT2D eigenvalue weighted by Gasteiger charge is -2.56. The van der Waals surface area contributed by atoms with E-state index in [1.54, 1.807) is 29.9 Å². The molecule has 6 rings (SSSR count). The number of fused-ring (bicyclic) bond motifs is 1. The largest absolute Gasteiger partial charge is 0.383 e. The van der Waals surface area contributed by atoms with E-state index in [1.165, 1.54) is 31.0 Å². The molecular weight excluding hydrogens is 420 g/mol. The first-order valence-electron chi connectivity index (χ1n) is 10.8. The van der Waals surface area contributed by atoms with Gasteiger partial charge < -0.3 is 4.74 Å². The molecule has 160 valence electrons. The highest BCUT2D eigenvalue weighted by Crippen LogP contribution is 2.60. The van der Waals surface area contributed by atoms with Gasteiger partial charge in [0.2, 0.25) is 0 Å². The highest BCUT2D eigenvalue weighted by atomic mass is 35.5. The summed E-state index contributed by atoms with van der Waals surface area (Å²) in [4.78, 5) is 31.2. The SMILES string of the molecule is COCCn1c(SCC(=O)C23CC4CC(CC(C4)C2)C3)nc2cc(Cl)ccc2c1=O. The molecule has 4 saturated carbocycles. The average molecular weight is 447 g/mol. The molecule has 0 amide bonds. The summed E-state index contributed by atoms with van der Waals surface area (Å²) in [6.45, 7) is 0.825. The molecule has 1 aromatic heterocycles. The Morgan fingerprint density at radius 3 is 2.53 bits per heavy atom. The molecule has 1 heterocycles. The lowest BCUT2D eigenvalue weighted by atomic mass is 9.48. The molecule has 5 nitrogen and oxygen atoms in total. The van der Waals surface area contributed by atoms with Crippen LogP contribution in [0.15, 0.2) is 28.2 Å². The van der Waals surface area contributed by atoms with E-state index in [0.717, 1.165) is 37.0 Å². The van der Waals surface area contributed by atoms with E-state index in [0.29, 0.717) is 45.8 Å². The Kier molecular flexibility index (Phi) is 5.44. The number of aromatic nitrogens is 2. The summed E-state index contributed by atoms with van der Waals surface area (Å²) in [7, 11) is 1.61. The molecule has 4 aliphatic rings. The smallest absolute Gasteiger partial charge is 0.262 e. The fourth-order valence-corrected chi connectivity index (χ4v) is 7.62. The van der Waals surface area contributed by atoms with Gasteiger partial charge in [0.25, 0.3) is 5.56 Å². The third-order valence-corrected chi connectivity index (χ3v) is 8.57. The number of hydrogen-bond donors (Lipinski definition) is 0. The van der Waals surface area contributed by atoms with Gasteiger partial charge in [-0.25, -0.2) is 4.98 Å². The van der Waals surface area contributed by atoms with Gasteiger partial charge in [-0.05, 0) is 74.5 Å². The number of carbonyl (C=O) groups is 1. The van der Waals surface area contributed by atoms with Crippen molar-refractivity contribution in [3.05, 3.63) is 33.6 Å². The molecule has 30 heavy (non-hydrogen) atoms. The number of Topliss-reactive ketones (excluding diaryl/α,β-unsaturated/α-hetero) is 1. The van der Waals surface area contributed by atoms with Gasteiger partial charge in [0, 0.05) is 17.5 Å². The molecule has 0 unspecified atom stereocenters. The first-order chi connectivity index (χ1) is 14.5. The highest BCUT2D eigenvalue weighted by Gasteiger charge is 2.54. The van der Waals surface area contributed by atoms with Crippen molar-refractivity contribution in [1.29, 1.82) is 0 Å². The number of benzene rings is 1. The van der Waals surface area contributed by atoms with Gasteiger partial charge in [-0.1, -0.05) is 23.4 Å². The molecule has 4 aliphatic carbocycles. The molecule has 4 bridgehead atoms. The van der Waals surface area contributed by atoms with E-state index in [9.17, 15) is 9.59 Å². The Labute approximate surface area is 185 Å². The van der Waals surface area contributed by atoms with Crippen molar-refractivity contribution in [3.63, 3.8) is 0 Å². The molecule has 0 aliphatic heterocycles. The fourth-order valence-electron chi connectivity index (χ4n) is 6.40. The van der Waals surface area contributed by atoms with Crippen LogP contribution in [0.1, 0.15) is 38.5 Å². The van der Waals surface area contributed by atoms with Crippen LogP contribution in [-0.4, -0.2) is 34.8 Å². The van der Waals surface area contributed by atoms with Gasteiger partial charge in [0.1, 0.15) is 5.78 Å². The summed E-state index contributed by atoms with van der Waals surface area (Å²) in [6, 6.07) is 5.13. The van der Waals surface area contributed by atoms with Gasteiger partial charge in [-0.2, -0.15) is 0 Å². The Morgan fingerprint density at radius 2 is 1.90 bits per heavy atom. The minimum absolute atomic E-state index is 0.113. The van der Waals surface area contributed by atoms with Gasteiger partial charge in [0.05, 0.1) is 29.8 Å². The van der Waals surface area contributed by atoms with E-state index in [1.807, 2.05) is 0 Å². The van der Waals surface area contributed by atoms with Crippen LogP contribution in [0.2, 0.25) is 5.02 Å². The van der Waals surface area contributed by atoms with Crippen LogP contribution in [0.5, 0.6) is 0 Å². The Balaban J connectivity index is 1.42. The summed E-state index contributed by atoms with van der Waals surface area (Å²) in [5.41, 5.74) is 0.337. The van der Waals surface area contributed by atoms with Crippen molar-refractivity contribution >= 4 is 40.0 Å². The Morgan fingerprint density at radius 1 is 1.23 bits per heavy atom. The fraction of sp³-hybridized carbons (Fsp3) is 0.609. The number of thioether (sulfide) groups is 1. The van der Waals surface area contributed by atoms with Crippen molar-refractivity contribution in [3.8, 4) is 0 Å². The van der Waals surface area contributed by atoms with E-state index in [-0.39, 0.29) is 11.0 Å². The van der Waals surface area contributed by atoms with E-state index < -0.39 is 0 Å². The zero-order valence-corrected chi connectivity index (χ0v) is 18.8. The van der Waals surface area contributed by atoms with Crippen molar-refractivity contribution < 1.29 is 9.53 Å². The summed E-state index contributed by atoms with van der Waals surface area (Å²) in [5, 5.41) is 1.65. The van der Waals surface area contributed by atoms with Crippen LogP contribution in [0.25, 0.3) is 10.9 Å². The molecular formula is C23H27ClN2O3S. The topological polar surface area (TPSA) is 61.2 Å². The number of halogens is 1. The standard InChI is InChI=1S/C23H27ClN2O3S/c1-29-5-4-26-21(28)18-3-2-17(24)9-19(18)25-22(26)30-13-20(27)23-10-14-6-15(11-23)8-16(7-14)12-23/h2-3,9,14-16H,4-8,10-13H2,1H3. The predicted octanol–water partition coefficient (Wildman–Crippen LogP) is 4.57. The third-order valence-electron chi connectivity index (χ3n) is 7.36. The molecule has 2 aromatic rings. The number of rotatable bonds is 7. The van der Waals surface area contributed by atoms with Gasteiger partial charge in [0.15, 0.2) is 5.16 Å². The molecule has 0 N–H and O–H groups in total. The zero-order chi connectivity index (χ0) is 20.9. The maximum Gasteiger partial charge on any atom is 0.262 e. The van der Waals surface area contributed by atoms with Crippen LogP contribution >= 0.6 is 23.4 Å². The number of methoxy groups -OCH3 is 1. The first-order valence-corrected chi connectivity index (χ1v) is 12.2. The monoisotopic (exact) mass is 446 g/mol. The average Bonchev–Trinajstić information content (AvgIpc) is 2.70. The lowest BCUT2D eigenvalue weighted by molar-refractivity contribution is -0.141. The number of hydrogen-bond acceptors (Lipinski definition) is 5. The molecule has 4 fully saturated rings. The normalized spacial score (nSPS) is 29.6. The van der Waals surface area contributed by atoms with E-state index in [2.05, 4.69) is 0 Å². The van der Waals surface area contributed by atoms with Crippen molar-refractivity contribution in [2.75, 3.05) is 19.5 Å².